The Balaban J connectivity index is 3.63. The van der Waals surface area contributed by atoms with Crippen LogP contribution in [0.25, 0.3) is 0 Å². The topological polar surface area (TPSA) is 32.3 Å². The van der Waals surface area contributed by atoms with Crippen molar-refractivity contribution in [1.29, 1.82) is 0 Å². The van der Waals surface area contributed by atoms with Crippen LogP contribution in [0.4, 0.5) is 0 Å². The van der Waals surface area contributed by atoms with Crippen molar-refractivity contribution in [2.75, 3.05) is 34.2 Å². The van der Waals surface area contributed by atoms with Gasteiger partial charge in [0.25, 0.3) is 0 Å². The minimum Gasteiger partial charge on any atom is -0.345 e. The van der Waals surface area contributed by atoms with Crippen molar-refractivity contribution < 1.29 is 9.59 Å². The Morgan fingerprint density at radius 1 is 1.50 bits per heavy atom. The molecule has 0 aromatic carbocycles. The van der Waals surface area contributed by atoms with Crippen molar-refractivity contribution >= 4 is 0 Å². The van der Waals surface area contributed by atoms with E-state index >= 15 is 0 Å². The van der Waals surface area contributed by atoms with Crippen molar-refractivity contribution in [3.8, 4) is 0 Å². The summed E-state index contributed by atoms with van der Waals surface area (Å²) in [6.45, 7) is 3.71. The highest BCUT2D eigenvalue weighted by atomic mass is 16.3. The number of aliphatic hydroxyl groups excluding tert-OH is 1. The number of rotatable bonds is 4. The van der Waals surface area contributed by atoms with E-state index in [1.54, 1.807) is 0 Å². The molecule has 0 aromatic heterocycles. The summed E-state index contributed by atoms with van der Waals surface area (Å²) < 4.78 is 0.654. The molecule has 0 spiro atoms. The molecular formula is C7H19N2O+. The average Bonchev–Trinajstić information content (AvgIpc) is 1.84. The normalized spacial score (nSPS) is 15.3. The van der Waals surface area contributed by atoms with Gasteiger partial charge in [0, 0.05) is 13.5 Å². The van der Waals surface area contributed by atoms with Gasteiger partial charge < -0.3 is 14.9 Å². The molecule has 3 heteroatoms. The Morgan fingerprint density at radius 3 is 2.30 bits per heavy atom. The van der Waals surface area contributed by atoms with Crippen molar-refractivity contribution in [3.63, 3.8) is 0 Å². The van der Waals surface area contributed by atoms with Crippen LogP contribution in [0.5, 0.6) is 0 Å². The second-order valence-corrected chi connectivity index (χ2v) is 3.24. The molecule has 1 unspecified atom stereocenters. The first-order chi connectivity index (χ1) is 4.50. The first kappa shape index (κ1) is 9.88. The third-order valence-electron chi connectivity index (χ3n) is 1.95. The van der Waals surface area contributed by atoms with Gasteiger partial charge in [-0.15, -0.1) is 0 Å². The molecule has 2 N–H and O–H groups in total. The summed E-state index contributed by atoms with van der Waals surface area (Å²) in [5, 5.41) is 12.3. The van der Waals surface area contributed by atoms with Crippen LogP contribution in [0.1, 0.15) is 6.92 Å². The summed E-state index contributed by atoms with van der Waals surface area (Å²) >= 11 is 0. The van der Waals surface area contributed by atoms with E-state index in [1.807, 2.05) is 28.1 Å². The van der Waals surface area contributed by atoms with E-state index in [-0.39, 0.29) is 6.23 Å². The van der Waals surface area contributed by atoms with Crippen LogP contribution in [0.2, 0.25) is 0 Å². The molecule has 0 aliphatic heterocycles. The molecule has 0 radical (unpaired) electrons. The highest BCUT2D eigenvalue weighted by Gasteiger charge is 2.19. The molecule has 0 rings (SSSR count). The van der Waals surface area contributed by atoms with Crippen molar-refractivity contribution in [3.05, 3.63) is 0 Å². The van der Waals surface area contributed by atoms with Gasteiger partial charge in [0.2, 0.25) is 0 Å². The SMILES string of the molecule is CNCC[N+](C)(C)C(C)O. The lowest BCUT2D eigenvalue weighted by atomic mass is 10.4. The molecule has 0 amide bonds. The molecule has 0 saturated carbocycles. The van der Waals surface area contributed by atoms with E-state index in [1.165, 1.54) is 0 Å². The molecule has 1 atom stereocenters. The highest BCUT2D eigenvalue weighted by molar-refractivity contribution is 4.38. The zero-order valence-electron chi connectivity index (χ0n) is 7.39. The number of aliphatic hydroxyl groups is 1. The lowest BCUT2D eigenvalue weighted by Crippen LogP contribution is -2.50. The summed E-state index contributed by atoms with van der Waals surface area (Å²) in [4.78, 5) is 0. The van der Waals surface area contributed by atoms with Crippen LogP contribution < -0.4 is 5.32 Å². The summed E-state index contributed by atoms with van der Waals surface area (Å²) in [5.41, 5.74) is 0. The van der Waals surface area contributed by atoms with Crippen LogP contribution in [0.3, 0.4) is 0 Å². The summed E-state index contributed by atoms with van der Waals surface area (Å²) in [6.07, 6.45) is -0.284. The second-order valence-electron chi connectivity index (χ2n) is 3.24. The highest BCUT2D eigenvalue weighted by Crippen LogP contribution is 2.00. The third kappa shape index (κ3) is 3.15. The zero-order chi connectivity index (χ0) is 8.20. The van der Waals surface area contributed by atoms with E-state index < -0.39 is 0 Å². The standard InChI is InChI=1S/C7H19N2O/c1-7(10)9(3,4)6-5-8-2/h7-8,10H,5-6H2,1-4H3/q+1. The maximum absolute atomic E-state index is 9.25. The fourth-order valence-electron chi connectivity index (χ4n) is 0.587. The molecule has 0 aliphatic rings. The minimum atomic E-state index is -0.284. The molecule has 10 heavy (non-hydrogen) atoms. The van der Waals surface area contributed by atoms with Gasteiger partial charge in [0.05, 0.1) is 20.6 Å². The summed E-state index contributed by atoms with van der Waals surface area (Å²) in [7, 11) is 5.95. The predicted molar refractivity (Wildman–Crippen MR) is 42.6 cm³/mol. The predicted octanol–water partition coefficient (Wildman–Crippen LogP) is -0.379. The van der Waals surface area contributed by atoms with Crippen molar-refractivity contribution in [2.45, 2.75) is 13.2 Å². The third-order valence-corrected chi connectivity index (χ3v) is 1.95. The lowest BCUT2D eigenvalue weighted by molar-refractivity contribution is -0.933. The van der Waals surface area contributed by atoms with Crippen molar-refractivity contribution in [2.24, 2.45) is 0 Å². The number of likely N-dealkylation sites (N-methyl/N-ethyl adjacent to an activating group) is 2. The second kappa shape index (κ2) is 3.91. The number of quaternary nitrogens is 1. The number of hydrogen-bond acceptors (Lipinski definition) is 2. The van der Waals surface area contributed by atoms with Gasteiger partial charge >= 0.3 is 0 Å². The van der Waals surface area contributed by atoms with Gasteiger partial charge in [-0.05, 0) is 7.05 Å². The van der Waals surface area contributed by atoms with Gasteiger partial charge in [-0.2, -0.15) is 0 Å². The van der Waals surface area contributed by atoms with Gasteiger partial charge in [-0.3, -0.25) is 0 Å². The minimum absolute atomic E-state index is 0.284. The van der Waals surface area contributed by atoms with Gasteiger partial charge in [0.1, 0.15) is 0 Å². The molecule has 0 aliphatic carbocycles. The smallest absolute Gasteiger partial charge is 0.187 e. The lowest BCUT2D eigenvalue weighted by Gasteiger charge is -2.32. The number of nitrogens with one attached hydrogen (secondary N) is 1. The molecule has 0 saturated heterocycles. The van der Waals surface area contributed by atoms with Crippen LogP contribution in [0.15, 0.2) is 0 Å². The Labute approximate surface area is 63.2 Å². The first-order valence-electron chi connectivity index (χ1n) is 3.66. The largest absolute Gasteiger partial charge is 0.345 e. The molecule has 0 aromatic rings. The fourth-order valence-corrected chi connectivity index (χ4v) is 0.587. The Hall–Kier alpha value is -0.120. The molecule has 0 heterocycles. The van der Waals surface area contributed by atoms with E-state index in [9.17, 15) is 5.11 Å². The molecule has 0 bridgehead atoms. The van der Waals surface area contributed by atoms with E-state index in [2.05, 4.69) is 5.32 Å². The Bertz CT molecular complexity index is 91.6. The van der Waals surface area contributed by atoms with E-state index in [0.717, 1.165) is 13.1 Å². The first-order valence-corrected chi connectivity index (χ1v) is 3.66. The fraction of sp³-hybridized carbons (Fsp3) is 1.00. The van der Waals surface area contributed by atoms with Gasteiger partial charge in [-0.25, -0.2) is 0 Å². The van der Waals surface area contributed by atoms with Crippen LogP contribution >= 0.6 is 0 Å². The molecule has 3 nitrogen and oxygen atoms in total. The Kier molecular flexibility index (Phi) is 3.86. The molecule has 0 fully saturated rings. The zero-order valence-corrected chi connectivity index (χ0v) is 7.39. The number of hydrogen-bond donors (Lipinski definition) is 2. The molecule has 62 valence electrons. The molecular weight excluding hydrogens is 128 g/mol. The number of nitrogens with zero attached hydrogens (tertiary/aromatic N) is 1. The average molecular weight is 147 g/mol. The quantitative estimate of drug-likeness (QED) is 0.420. The van der Waals surface area contributed by atoms with Gasteiger partial charge in [0.15, 0.2) is 6.23 Å². The van der Waals surface area contributed by atoms with Crippen LogP contribution in [-0.4, -0.2) is 50.0 Å². The summed E-state index contributed by atoms with van der Waals surface area (Å²) in [6, 6.07) is 0. The van der Waals surface area contributed by atoms with Gasteiger partial charge in [-0.1, -0.05) is 0 Å². The monoisotopic (exact) mass is 147 g/mol. The Morgan fingerprint density at radius 2 is 2.00 bits per heavy atom. The maximum Gasteiger partial charge on any atom is 0.187 e. The summed E-state index contributed by atoms with van der Waals surface area (Å²) in [5.74, 6) is 0. The van der Waals surface area contributed by atoms with Crippen LogP contribution in [-0.2, 0) is 0 Å². The van der Waals surface area contributed by atoms with Crippen LogP contribution in [0, 0.1) is 0 Å². The van der Waals surface area contributed by atoms with E-state index in [4.69, 9.17) is 0 Å². The maximum atomic E-state index is 9.25. The van der Waals surface area contributed by atoms with Crippen molar-refractivity contribution in [1.82, 2.24) is 5.32 Å². The van der Waals surface area contributed by atoms with E-state index in [0.29, 0.717) is 4.48 Å².